The number of aliphatic carboxylic acids is 1. The summed E-state index contributed by atoms with van der Waals surface area (Å²) in [5.41, 5.74) is 11.7. The molecule has 33 heavy (non-hydrogen) atoms. The fourth-order valence-corrected chi connectivity index (χ4v) is 3.31. The maximum atomic E-state index is 13.0. The molecule has 0 spiro atoms. The van der Waals surface area contributed by atoms with Crippen LogP contribution in [0.5, 0.6) is 0 Å². The number of carbonyl (C=O) groups is 4. The highest BCUT2D eigenvalue weighted by Crippen LogP contribution is 2.09. The van der Waals surface area contributed by atoms with Crippen LogP contribution < -0.4 is 27.4 Å². The Labute approximate surface area is 194 Å². The predicted octanol–water partition coefficient (Wildman–Crippen LogP) is -0.0981. The number of rotatable bonds is 15. The monoisotopic (exact) mass is 463 g/mol. The first-order valence-corrected chi connectivity index (χ1v) is 11.2. The third-order valence-corrected chi connectivity index (χ3v) is 5.02. The summed E-state index contributed by atoms with van der Waals surface area (Å²) in [5, 5.41) is 17.3. The highest BCUT2D eigenvalue weighted by atomic mass is 16.4. The summed E-state index contributed by atoms with van der Waals surface area (Å²) in [6, 6.07) is 6.07. The molecule has 0 saturated heterocycles. The van der Waals surface area contributed by atoms with Crippen LogP contribution in [0.3, 0.4) is 0 Å². The number of amides is 3. The number of hydrogen-bond acceptors (Lipinski definition) is 6. The Kier molecular flexibility index (Phi) is 12.7. The molecule has 0 aliphatic carbocycles. The number of carbonyl (C=O) groups excluding carboxylic acids is 3. The second-order valence-electron chi connectivity index (χ2n) is 8.39. The molecule has 10 nitrogen and oxygen atoms in total. The lowest BCUT2D eigenvalue weighted by molar-refractivity contribution is -0.142. The molecule has 3 unspecified atom stereocenters. The lowest BCUT2D eigenvalue weighted by atomic mass is 10.0. The fourth-order valence-electron chi connectivity index (χ4n) is 3.31. The van der Waals surface area contributed by atoms with E-state index in [4.69, 9.17) is 11.5 Å². The van der Waals surface area contributed by atoms with Gasteiger partial charge < -0.3 is 32.5 Å². The summed E-state index contributed by atoms with van der Waals surface area (Å²) < 4.78 is 0. The summed E-state index contributed by atoms with van der Waals surface area (Å²) in [6.45, 7) is 3.89. The highest BCUT2D eigenvalue weighted by Gasteiger charge is 2.29. The summed E-state index contributed by atoms with van der Waals surface area (Å²) in [5.74, 6) is -2.73. The quantitative estimate of drug-likeness (QED) is 0.197. The Hall–Kier alpha value is -2.98. The smallest absolute Gasteiger partial charge is 0.326 e. The number of carboxylic acid groups (broad SMARTS) is 1. The van der Waals surface area contributed by atoms with Crippen molar-refractivity contribution in [2.75, 3.05) is 13.1 Å². The van der Waals surface area contributed by atoms with Crippen LogP contribution >= 0.6 is 0 Å². The van der Waals surface area contributed by atoms with Gasteiger partial charge in [0.25, 0.3) is 0 Å². The first-order valence-electron chi connectivity index (χ1n) is 11.2. The van der Waals surface area contributed by atoms with Crippen LogP contribution in [0.2, 0.25) is 0 Å². The van der Waals surface area contributed by atoms with Crippen molar-refractivity contribution in [3.8, 4) is 0 Å². The van der Waals surface area contributed by atoms with Gasteiger partial charge in [0.05, 0.1) is 6.54 Å². The summed E-state index contributed by atoms with van der Waals surface area (Å²) in [6.07, 6.45) is 2.02. The molecule has 1 aromatic rings. The third-order valence-electron chi connectivity index (χ3n) is 5.02. The van der Waals surface area contributed by atoms with Gasteiger partial charge in [-0.3, -0.25) is 14.4 Å². The van der Waals surface area contributed by atoms with Crippen LogP contribution in [0.4, 0.5) is 0 Å². The lowest BCUT2D eigenvalue weighted by Crippen LogP contribution is -2.57. The molecule has 0 aromatic heterocycles. The molecule has 1 rings (SSSR count). The average Bonchev–Trinajstić information content (AvgIpc) is 2.77. The number of unbranched alkanes of at least 4 members (excludes halogenated alkanes) is 1. The van der Waals surface area contributed by atoms with Crippen LogP contribution in [0.1, 0.15) is 45.1 Å². The molecule has 0 heterocycles. The zero-order valence-electron chi connectivity index (χ0n) is 19.4. The fraction of sp³-hybridized carbons (Fsp3) is 0.565. The van der Waals surface area contributed by atoms with E-state index in [0.717, 1.165) is 5.56 Å². The van der Waals surface area contributed by atoms with Gasteiger partial charge >= 0.3 is 5.97 Å². The first kappa shape index (κ1) is 28.1. The van der Waals surface area contributed by atoms with E-state index in [1.807, 2.05) is 44.2 Å². The van der Waals surface area contributed by atoms with Crippen LogP contribution in [0.25, 0.3) is 0 Å². The molecule has 3 atom stereocenters. The first-order chi connectivity index (χ1) is 15.7. The molecular formula is C23H37N5O5. The van der Waals surface area contributed by atoms with Crippen LogP contribution in [-0.4, -0.2) is 60.0 Å². The maximum Gasteiger partial charge on any atom is 0.326 e. The Morgan fingerprint density at radius 1 is 0.879 bits per heavy atom. The van der Waals surface area contributed by atoms with Crippen molar-refractivity contribution >= 4 is 23.7 Å². The van der Waals surface area contributed by atoms with Crippen molar-refractivity contribution in [1.82, 2.24) is 16.0 Å². The molecule has 0 bridgehead atoms. The van der Waals surface area contributed by atoms with Crippen molar-refractivity contribution in [3.05, 3.63) is 35.9 Å². The minimum Gasteiger partial charge on any atom is -0.480 e. The van der Waals surface area contributed by atoms with E-state index < -0.39 is 41.8 Å². The molecule has 10 heteroatoms. The van der Waals surface area contributed by atoms with Crippen LogP contribution in [0, 0.1) is 5.92 Å². The number of benzene rings is 1. The van der Waals surface area contributed by atoms with Gasteiger partial charge in [-0.05, 0) is 43.7 Å². The Balaban J connectivity index is 3.05. The van der Waals surface area contributed by atoms with Gasteiger partial charge in [0.2, 0.25) is 17.7 Å². The largest absolute Gasteiger partial charge is 0.480 e. The van der Waals surface area contributed by atoms with E-state index in [-0.39, 0.29) is 25.3 Å². The van der Waals surface area contributed by atoms with E-state index in [9.17, 15) is 24.3 Å². The van der Waals surface area contributed by atoms with Crippen LogP contribution in [0.15, 0.2) is 30.3 Å². The molecule has 0 aliphatic heterocycles. The lowest BCUT2D eigenvalue weighted by Gasteiger charge is -2.25. The molecule has 0 aliphatic rings. The Morgan fingerprint density at radius 3 is 2.03 bits per heavy atom. The van der Waals surface area contributed by atoms with Gasteiger partial charge in [0, 0.05) is 6.42 Å². The minimum atomic E-state index is -1.14. The van der Waals surface area contributed by atoms with E-state index in [1.54, 1.807) is 0 Å². The molecule has 8 N–H and O–H groups in total. The minimum absolute atomic E-state index is 0.0481. The van der Waals surface area contributed by atoms with Crippen molar-refractivity contribution < 1.29 is 24.3 Å². The molecule has 0 radical (unpaired) electrons. The van der Waals surface area contributed by atoms with Gasteiger partial charge in [0.15, 0.2) is 0 Å². The normalized spacial score (nSPS) is 13.6. The van der Waals surface area contributed by atoms with Crippen molar-refractivity contribution in [3.63, 3.8) is 0 Å². The Morgan fingerprint density at radius 2 is 1.48 bits per heavy atom. The highest BCUT2D eigenvalue weighted by molar-refractivity contribution is 5.93. The molecule has 0 fully saturated rings. The summed E-state index contributed by atoms with van der Waals surface area (Å²) in [7, 11) is 0. The zero-order valence-corrected chi connectivity index (χ0v) is 19.4. The van der Waals surface area contributed by atoms with E-state index in [0.29, 0.717) is 25.8 Å². The maximum absolute atomic E-state index is 13.0. The van der Waals surface area contributed by atoms with E-state index in [2.05, 4.69) is 16.0 Å². The SMILES string of the molecule is CC(C)CC(NC(=O)C(Cc1ccccc1)NC(=O)C(CCCCN)NC(=O)CN)C(=O)O. The predicted molar refractivity (Wildman–Crippen MR) is 125 cm³/mol. The molecule has 0 saturated carbocycles. The standard InChI is InChI=1S/C23H37N5O5/c1-15(2)12-19(23(32)33)28-22(31)18(13-16-8-4-3-5-9-16)27-21(30)17(10-6-7-11-24)26-20(29)14-25/h3-5,8-9,15,17-19H,6-7,10-14,24-25H2,1-2H3,(H,26,29)(H,27,30)(H,28,31)(H,32,33). The van der Waals surface area contributed by atoms with Gasteiger partial charge in [-0.1, -0.05) is 44.2 Å². The molecule has 3 amide bonds. The molecule has 184 valence electrons. The third kappa shape index (κ3) is 10.9. The molecule has 1 aromatic carbocycles. The van der Waals surface area contributed by atoms with Crippen molar-refractivity contribution in [2.24, 2.45) is 17.4 Å². The van der Waals surface area contributed by atoms with Gasteiger partial charge in [-0.15, -0.1) is 0 Å². The zero-order chi connectivity index (χ0) is 24.8. The van der Waals surface area contributed by atoms with Crippen molar-refractivity contribution in [1.29, 1.82) is 0 Å². The second-order valence-corrected chi connectivity index (χ2v) is 8.39. The Bertz CT molecular complexity index is 772. The second kappa shape index (κ2) is 15.0. The van der Waals surface area contributed by atoms with Gasteiger partial charge in [-0.2, -0.15) is 0 Å². The van der Waals surface area contributed by atoms with E-state index in [1.165, 1.54) is 0 Å². The number of carboxylic acids is 1. The number of nitrogens with two attached hydrogens (primary N) is 2. The van der Waals surface area contributed by atoms with Gasteiger partial charge in [-0.25, -0.2) is 4.79 Å². The van der Waals surface area contributed by atoms with Crippen molar-refractivity contribution in [2.45, 2.75) is 64.1 Å². The summed E-state index contributed by atoms with van der Waals surface area (Å²) >= 11 is 0. The average molecular weight is 464 g/mol. The molecular weight excluding hydrogens is 426 g/mol. The van der Waals surface area contributed by atoms with E-state index >= 15 is 0 Å². The number of nitrogens with one attached hydrogen (secondary N) is 3. The van der Waals surface area contributed by atoms with Gasteiger partial charge in [0.1, 0.15) is 18.1 Å². The number of hydrogen-bond donors (Lipinski definition) is 6. The topological polar surface area (TPSA) is 177 Å². The van der Waals surface area contributed by atoms with Crippen LogP contribution in [-0.2, 0) is 25.6 Å². The summed E-state index contributed by atoms with van der Waals surface area (Å²) in [4.78, 5) is 49.4.